The van der Waals surface area contributed by atoms with Crippen LogP contribution in [-0.4, -0.2) is 45.3 Å². The Morgan fingerprint density at radius 2 is 2.00 bits per heavy atom. The van der Waals surface area contributed by atoms with Crippen LogP contribution in [-0.2, 0) is 15.0 Å². The third-order valence-electron chi connectivity index (χ3n) is 1.97. The molecule has 0 unspecified atom stereocenters. The van der Waals surface area contributed by atoms with Crippen LogP contribution in [0.5, 0.6) is 0 Å². The van der Waals surface area contributed by atoms with Crippen molar-refractivity contribution < 1.29 is 13.2 Å². The van der Waals surface area contributed by atoms with Gasteiger partial charge in [-0.1, -0.05) is 0 Å². The number of nitrogens with zero attached hydrogens (tertiary/aromatic N) is 1. The van der Waals surface area contributed by atoms with Crippen molar-refractivity contribution in [2.45, 2.75) is 19.3 Å². The largest absolute Gasteiger partial charge is 0.370 e. The van der Waals surface area contributed by atoms with Crippen molar-refractivity contribution in [3.05, 3.63) is 0 Å². The summed E-state index contributed by atoms with van der Waals surface area (Å²) in [5.74, 6) is -0.435. The van der Waals surface area contributed by atoms with E-state index in [1.807, 2.05) is 0 Å². The molecule has 0 radical (unpaired) electrons. The zero-order valence-corrected chi connectivity index (χ0v) is 10.3. The summed E-state index contributed by atoms with van der Waals surface area (Å²) in [5, 5.41) is 0. The van der Waals surface area contributed by atoms with E-state index >= 15 is 0 Å². The van der Waals surface area contributed by atoms with Gasteiger partial charge in [-0.3, -0.25) is 4.79 Å². The molecule has 0 aromatic carbocycles. The van der Waals surface area contributed by atoms with E-state index in [4.69, 9.17) is 11.5 Å². The Balaban J connectivity index is 3.90. The molecule has 0 aliphatic carbocycles. The lowest BCUT2D eigenvalue weighted by Gasteiger charge is -2.16. The molecule has 16 heavy (non-hydrogen) atoms. The monoisotopic (exact) mass is 252 g/mol. The average molecular weight is 252 g/mol. The second-order valence-electron chi connectivity index (χ2n) is 3.43. The minimum absolute atomic E-state index is 0.176. The van der Waals surface area contributed by atoms with Crippen molar-refractivity contribution in [1.82, 2.24) is 9.03 Å². The number of hydrogen-bond acceptors (Lipinski definition) is 4. The standard InChI is InChI=1S/C8H20N4O3S/c1-12(7-3-5-9)16(14,15)11-6-2-4-8(10)13/h11H,2-7,9H2,1H3,(H2,10,13). The van der Waals surface area contributed by atoms with Crippen molar-refractivity contribution in [2.24, 2.45) is 11.5 Å². The molecule has 0 spiro atoms. The Kier molecular flexibility index (Phi) is 7.22. The van der Waals surface area contributed by atoms with Crippen LogP contribution in [0.2, 0.25) is 0 Å². The van der Waals surface area contributed by atoms with Crippen molar-refractivity contribution in [1.29, 1.82) is 0 Å². The number of primary amides is 1. The maximum atomic E-state index is 11.5. The van der Waals surface area contributed by atoms with Crippen LogP contribution in [0.4, 0.5) is 0 Å². The topological polar surface area (TPSA) is 119 Å². The predicted octanol–water partition coefficient (Wildman–Crippen LogP) is -1.63. The Morgan fingerprint density at radius 3 is 2.50 bits per heavy atom. The Bertz CT molecular complexity index is 304. The lowest BCUT2D eigenvalue weighted by atomic mass is 10.3. The summed E-state index contributed by atoms with van der Waals surface area (Å²) in [5.41, 5.74) is 10.2. The smallest absolute Gasteiger partial charge is 0.279 e. The molecule has 0 aliphatic rings. The third kappa shape index (κ3) is 6.72. The highest BCUT2D eigenvalue weighted by molar-refractivity contribution is 7.87. The van der Waals surface area contributed by atoms with Gasteiger partial charge in [-0.25, -0.2) is 4.72 Å². The van der Waals surface area contributed by atoms with Gasteiger partial charge in [-0.05, 0) is 19.4 Å². The summed E-state index contributed by atoms with van der Waals surface area (Å²) in [6.07, 6.45) is 1.19. The maximum Gasteiger partial charge on any atom is 0.279 e. The summed E-state index contributed by atoms with van der Waals surface area (Å²) in [7, 11) is -1.98. The fourth-order valence-electron chi connectivity index (χ4n) is 1.01. The molecular formula is C8H20N4O3S. The molecule has 8 heteroatoms. The van der Waals surface area contributed by atoms with Crippen LogP contribution >= 0.6 is 0 Å². The highest BCUT2D eigenvalue weighted by atomic mass is 32.2. The van der Waals surface area contributed by atoms with Gasteiger partial charge in [0.15, 0.2) is 0 Å². The van der Waals surface area contributed by atoms with Crippen molar-refractivity contribution >= 4 is 16.1 Å². The summed E-state index contributed by atoms with van der Waals surface area (Å²) in [6.45, 7) is 1.03. The minimum atomic E-state index is -3.45. The molecule has 0 heterocycles. The van der Waals surface area contributed by atoms with Gasteiger partial charge in [0, 0.05) is 26.6 Å². The van der Waals surface area contributed by atoms with Gasteiger partial charge in [0.25, 0.3) is 10.2 Å². The average Bonchev–Trinajstić information content (AvgIpc) is 2.20. The third-order valence-corrected chi connectivity index (χ3v) is 3.54. The van der Waals surface area contributed by atoms with E-state index in [9.17, 15) is 13.2 Å². The number of nitrogens with one attached hydrogen (secondary N) is 1. The molecule has 0 saturated carbocycles. The zero-order valence-electron chi connectivity index (χ0n) is 9.48. The Morgan fingerprint density at radius 1 is 1.38 bits per heavy atom. The SMILES string of the molecule is CN(CCCN)S(=O)(=O)NCCCC(N)=O. The maximum absolute atomic E-state index is 11.5. The summed E-state index contributed by atoms with van der Waals surface area (Å²) < 4.78 is 26.6. The Hall–Kier alpha value is -0.700. The van der Waals surface area contributed by atoms with Crippen molar-refractivity contribution in [2.75, 3.05) is 26.7 Å². The van der Waals surface area contributed by atoms with E-state index in [1.54, 1.807) is 0 Å². The molecule has 0 rings (SSSR count). The first-order valence-electron chi connectivity index (χ1n) is 5.09. The van der Waals surface area contributed by atoms with Gasteiger partial charge in [0.1, 0.15) is 0 Å². The number of nitrogens with two attached hydrogens (primary N) is 2. The molecule has 0 aromatic rings. The van der Waals surface area contributed by atoms with Crippen LogP contribution in [0.3, 0.4) is 0 Å². The molecule has 5 N–H and O–H groups in total. The van der Waals surface area contributed by atoms with Gasteiger partial charge in [-0.15, -0.1) is 0 Å². The van der Waals surface area contributed by atoms with Crippen LogP contribution in [0.1, 0.15) is 19.3 Å². The molecule has 0 aromatic heterocycles. The fraction of sp³-hybridized carbons (Fsp3) is 0.875. The number of rotatable bonds is 9. The van der Waals surface area contributed by atoms with Gasteiger partial charge in [0.05, 0.1) is 0 Å². The van der Waals surface area contributed by atoms with Crippen LogP contribution in [0, 0.1) is 0 Å². The van der Waals surface area contributed by atoms with E-state index in [1.165, 1.54) is 11.4 Å². The van der Waals surface area contributed by atoms with Crippen molar-refractivity contribution in [3.63, 3.8) is 0 Å². The molecule has 1 amide bonds. The molecular weight excluding hydrogens is 232 g/mol. The van der Waals surface area contributed by atoms with Crippen LogP contribution in [0.25, 0.3) is 0 Å². The summed E-state index contributed by atoms with van der Waals surface area (Å²) in [6, 6.07) is 0. The number of carbonyl (C=O) groups excluding carboxylic acids is 1. The first-order chi connectivity index (χ1) is 7.40. The van der Waals surface area contributed by atoms with E-state index in [0.29, 0.717) is 25.9 Å². The van der Waals surface area contributed by atoms with Gasteiger partial charge >= 0.3 is 0 Å². The lowest BCUT2D eigenvalue weighted by molar-refractivity contribution is -0.118. The summed E-state index contributed by atoms with van der Waals surface area (Å²) in [4.78, 5) is 10.4. The quantitative estimate of drug-likeness (QED) is 0.427. The van der Waals surface area contributed by atoms with Gasteiger partial charge in [-0.2, -0.15) is 12.7 Å². The summed E-state index contributed by atoms with van der Waals surface area (Å²) >= 11 is 0. The molecule has 0 aliphatic heterocycles. The Labute approximate surface area is 96.3 Å². The van der Waals surface area contributed by atoms with Crippen LogP contribution in [0.15, 0.2) is 0 Å². The zero-order chi connectivity index (χ0) is 12.6. The van der Waals surface area contributed by atoms with Gasteiger partial charge < -0.3 is 11.5 Å². The number of amides is 1. The minimum Gasteiger partial charge on any atom is -0.370 e. The van der Waals surface area contributed by atoms with Crippen LogP contribution < -0.4 is 16.2 Å². The van der Waals surface area contributed by atoms with Crippen molar-refractivity contribution in [3.8, 4) is 0 Å². The lowest BCUT2D eigenvalue weighted by Crippen LogP contribution is -2.39. The molecule has 0 fully saturated rings. The van der Waals surface area contributed by atoms with E-state index < -0.39 is 16.1 Å². The second-order valence-corrected chi connectivity index (χ2v) is 5.30. The molecule has 0 atom stereocenters. The predicted molar refractivity (Wildman–Crippen MR) is 61.7 cm³/mol. The normalized spacial score (nSPS) is 11.9. The second kappa shape index (κ2) is 7.55. The van der Waals surface area contributed by atoms with E-state index in [2.05, 4.69) is 4.72 Å². The first-order valence-corrected chi connectivity index (χ1v) is 6.53. The number of carbonyl (C=O) groups is 1. The molecule has 7 nitrogen and oxygen atoms in total. The molecule has 0 saturated heterocycles. The first kappa shape index (κ1) is 15.3. The van der Waals surface area contributed by atoms with E-state index in [-0.39, 0.29) is 13.0 Å². The number of hydrogen-bond donors (Lipinski definition) is 3. The molecule has 0 bridgehead atoms. The van der Waals surface area contributed by atoms with E-state index in [0.717, 1.165) is 0 Å². The highest BCUT2D eigenvalue weighted by Crippen LogP contribution is 1.96. The van der Waals surface area contributed by atoms with Gasteiger partial charge in [0.2, 0.25) is 5.91 Å². The molecule has 96 valence electrons. The fourth-order valence-corrected chi connectivity index (χ4v) is 2.00. The highest BCUT2D eigenvalue weighted by Gasteiger charge is 2.15.